The second kappa shape index (κ2) is 7.61. The van der Waals surface area contributed by atoms with Gasteiger partial charge in [-0.05, 0) is 49.2 Å². The molecule has 3 aromatic rings. The maximum atomic E-state index is 13.2. The summed E-state index contributed by atoms with van der Waals surface area (Å²) in [5.41, 5.74) is 3.01. The van der Waals surface area contributed by atoms with Crippen LogP contribution in [-0.4, -0.2) is 38.8 Å². The number of pyridine rings is 1. The van der Waals surface area contributed by atoms with Crippen LogP contribution in [0.25, 0.3) is 11.3 Å². The van der Waals surface area contributed by atoms with Crippen molar-refractivity contribution in [1.82, 2.24) is 19.9 Å². The Labute approximate surface area is 156 Å². The maximum Gasteiger partial charge on any atom is 0.274 e. The number of piperidine rings is 1. The summed E-state index contributed by atoms with van der Waals surface area (Å²) in [4.78, 5) is 27.4. The molecule has 2 aromatic heterocycles. The summed E-state index contributed by atoms with van der Waals surface area (Å²) >= 11 is 0. The van der Waals surface area contributed by atoms with Gasteiger partial charge in [0.2, 0.25) is 0 Å². The molecule has 0 bridgehead atoms. The van der Waals surface area contributed by atoms with Crippen LogP contribution in [0.1, 0.15) is 34.9 Å². The predicted octanol–water partition coefficient (Wildman–Crippen LogP) is 3.70. The summed E-state index contributed by atoms with van der Waals surface area (Å²) in [6.45, 7) is 1.32. The minimum atomic E-state index is -0.264. The fraction of sp³-hybridized carbons (Fsp3) is 0.238. The Bertz CT molecular complexity index is 930. The number of aromatic nitrogens is 3. The Morgan fingerprint density at radius 1 is 1.11 bits per heavy atom. The van der Waals surface area contributed by atoms with Crippen molar-refractivity contribution in [3.8, 4) is 11.3 Å². The quantitative estimate of drug-likeness (QED) is 0.713. The topological polar surface area (TPSA) is 59.0 Å². The van der Waals surface area contributed by atoms with E-state index < -0.39 is 0 Å². The minimum Gasteiger partial charge on any atom is -0.337 e. The molecule has 1 amide bonds. The fourth-order valence-electron chi connectivity index (χ4n) is 3.43. The molecule has 3 heterocycles. The number of amides is 1. The van der Waals surface area contributed by atoms with Gasteiger partial charge >= 0.3 is 0 Å². The van der Waals surface area contributed by atoms with E-state index in [1.807, 2.05) is 23.1 Å². The van der Waals surface area contributed by atoms with Gasteiger partial charge in [-0.3, -0.25) is 14.8 Å². The number of rotatable bonds is 3. The van der Waals surface area contributed by atoms with Crippen LogP contribution in [0.5, 0.6) is 0 Å². The van der Waals surface area contributed by atoms with Crippen molar-refractivity contribution in [1.29, 1.82) is 0 Å². The molecule has 0 saturated carbocycles. The Hall–Kier alpha value is -3.15. The van der Waals surface area contributed by atoms with Gasteiger partial charge in [0.05, 0.1) is 11.9 Å². The van der Waals surface area contributed by atoms with Crippen molar-refractivity contribution >= 4 is 5.91 Å². The van der Waals surface area contributed by atoms with Gasteiger partial charge in [-0.15, -0.1) is 0 Å². The smallest absolute Gasteiger partial charge is 0.274 e. The molecule has 1 aliphatic heterocycles. The maximum absolute atomic E-state index is 13.2. The van der Waals surface area contributed by atoms with Crippen LogP contribution in [0, 0.1) is 5.82 Å². The van der Waals surface area contributed by atoms with Crippen molar-refractivity contribution in [3.05, 3.63) is 78.3 Å². The van der Waals surface area contributed by atoms with E-state index in [0.717, 1.165) is 29.8 Å². The Kier molecular flexibility index (Phi) is 4.87. The predicted molar refractivity (Wildman–Crippen MR) is 99.5 cm³/mol. The van der Waals surface area contributed by atoms with E-state index in [1.54, 1.807) is 18.3 Å². The summed E-state index contributed by atoms with van der Waals surface area (Å²) in [6, 6.07) is 12.2. The lowest BCUT2D eigenvalue weighted by Gasteiger charge is -2.32. The standard InChI is InChI=1S/C21H19FN4O/c22-17-8-6-15(7-9-17)18-4-1-5-19(25-18)16-3-2-12-26(14-16)21(27)20-13-23-10-11-24-20/h1,4-11,13,16H,2-3,12,14H2/t16-/m0/s1. The molecule has 136 valence electrons. The highest BCUT2D eigenvalue weighted by molar-refractivity contribution is 5.92. The van der Waals surface area contributed by atoms with E-state index in [0.29, 0.717) is 18.8 Å². The minimum absolute atomic E-state index is 0.0949. The Morgan fingerprint density at radius 2 is 1.96 bits per heavy atom. The van der Waals surface area contributed by atoms with Gasteiger partial charge < -0.3 is 4.90 Å². The zero-order chi connectivity index (χ0) is 18.6. The summed E-state index contributed by atoms with van der Waals surface area (Å²) in [5.74, 6) is -0.192. The van der Waals surface area contributed by atoms with Crippen molar-refractivity contribution < 1.29 is 9.18 Å². The van der Waals surface area contributed by atoms with Crippen molar-refractivity contribution in [2.24, 2.45) is 0 Å². The van der Waals surface area contributed by atoms with Crippen LogP contribution < -0.4 is 0 Å². The molecule has 27 heavy (non-hydrogen) atoms. The molecular weight excluding hydrogens is 343 g/mol. The molecule has 1 fully saturated rings. The zero-order valence-corrected chi connectivity index (χ0v) is 14.8. The normalized spacial score (nSPS) is 16.9. The molecular formula is C21H19FN4O. The highest BCUT2D eigenvalue weighted by Crippen LogP contribution is 2.28. The molecule has 1 atom stereocenters. The number of benzene rings is 1. The zero-order valence-electron chi connectivity index (χ0n) is 14.8. The molecule has 0 N–H and O–H groups in total. The van der Waals surface area contributed by atoms with Gasteiger partial charge in [-0.1, -0.05) is 6.07 Å². The van der Waals surface area contributed by atoms with Gasteiger partial charge in [-0.2, -0.15) is 0 Å². The SMILES string of the molecule is O=C(c1cnccn1)N1CCC[C@H](c2cccc(-c3ccc(F)cc3)n2)C1. The lowest BCUT2D eigenvalue weighted by atomic mass is 9.93. The average Bonchev–Trinajstić information content (AvgIpc) is 2.74. The summed E-state index contributed by atoms with van der Waals surface area (Å²) in [5, 5.41) is 0. The van der Waals surface area contributed by atoms with Crippen molar-refractivity contribution in [2.45, 2.75) is 18.8 Å². The molecule has 4 rings (SSSR count). The van der Waals surface area contributed by atoms with E-state index in [4.69, 9.17) is 4.98 Å². The van der Waals surface area contributed by atoms with Crippen molar-refractivity contribution in [3.63, 3.8) is 0 Å². The van der Waals surface area contributed by atoms with Crippen LogP contribution >= 0.6 is 0 Å². The molecule has 0 aliphatic carbocycles. The number of carbonyl (C=O) groups excluding carboxylic acids is 1. The summed E-state index contributed by atoms with van der Waals surface area (Å²) < 4.78 is 13.2. The van der Waals surface area contributed by atoms with Crippen LogP contribution in [-0.2, 0) is 0 Å². The Morgan fingerprint density at radius 3 is 2.74 bits per heavy atom. The number of halogens is 1. The highest BCUT2D eigenvalue weighted by atomic mass is 19.1. The summed E-state index contributed by atoms with van der Waals surface area (Å²) in [7, 11) is 0. The lowest BCUT2D eigenvalue weighted by Crippen LogP contribution is -2.39. The number of nitrogens with zero attached hydrogens (tertiary/aromatic N) is 4. The first kappa shape index (κ1) is 17.3. The molecule has 1 saturated heterocycles. The number of carbonyl (C=O) groups is 1. The molecule has 0 spiro atoms. The average molecular weight is 362 g/mol. The molecule has 0 radical (unpaired) electrons. The molecule has 1 aromatic carbocycles. The second-order valence-electron chi connectivity index (χ2n) is 6.64. The molecule has 5 nitrogen and oxygen atoms in total. The number of hydrogen-bond donors (Lipinski definition) is 0. The van der Waals surface area contributed by atoms with Crippen LogP contribution in [0.15, 0.2) is 61.1 Å². The van der Waals surface area contributed by atoms with E-state index in [2.05, 4.69) is 9.97 Å². The third-order valence-electron chi connectivity index (χ3n) is 4.82. The first-order valence-electron chi connectivity index (χ1n) is 8.99. The van der Waals surface area contributed by atoms with Gasteiger partial charge in [0.1, 0.15) is 11.5 Å². The Balaban J connectivity index is 1.54. The fourth-order valence-corrected chi connectivity index (χ4v) is 3.43. The first-order valence-corrected chi connectivity index (χ1v) is 8.99. The molecule has 6 heteroatoms. The van der Waals surface area contributed by atoms with Crippen molar-refractivity contribution in [2.75, 3.05) is 13.1 Å². The third kappa shape index (κ3) is 3.84. The van der Waals surface area contributed by atoms with E-state index in [1.165, 1.54) is 24.5 Å². The van der Waals surface area contributed by atoms with Gasteiger partial charge in [0, 0.05) is 42.7 Å². The molecule has 0 unspecified atom stereocenters. The summed E-state index contributed by atoms with van der Waals surface area (Å²) in [6.07, 6.45) is 6.48. The number of likely N-dealkylation sites (tertiary alicyclic amines) is 1. The van der Waals surface area contributed by atoms with E-state index in [-0.39, 0.29) is 17.6 Å². The largest absolute Gasteiger partial charge is 0.337 e. The van der Waals surface area contributed by atoms with Crippen LogP contribution in [0.2, 0.25) is 0 Å². The third-order valence-corrected chi connectivity index (χ3v) is 4.82. The second-order valence-corrected chi connectivity index (χ2v) is 6.64. The van der Waals surface area contributed by atoms with Crippen LogP contribution in [0.4, 0.5) is 4.39 Å². The van der Waals surface area contributed by atoms with E-state index >= 15 is 0 Å². The first-order chi connectivity index (χ1) is 13.2. The monoisotopic (exact) mass is 362 g/mol. The van der Waals surface area contributed by atoms with Gasteiger partial charge in [0.25, 0.3) is 5.91 Å². The lowest BCUT2D eigenvalue weighted by molar-refractivity contribution is 0.0699. The number of hydrogen-bond acceptors (Lipinski definition) is 4. The van der Waals surface area contributed by atoms with Crippen LogP contribution in [0.3, 0.4) is 0 Å². The van der Waals surface area contributed by atoms with Gasteiger partial charge in [-0.25, -0.2) is 9.37 Å². The van der Waals surface area contributed by atoms with E-state index in [9.17, 15) is 9.18 Å². The van der Waals surface area contributed by atoms with Gasteiger partial charge in [0.15, 0.2) is 0 Å². The molecule has 1 aliphatic rings. The highest BCUT2D eigenvalue weighted by Gasteiger charge is 2.27.